The second kappa shape index (κ2) is 8.31. The summed E-state index contributed by atoms with van der Waals surface area (Å²) < 4.78 is 26.2. The van der Waals surface area contributed by atoms with Crippen LogP contribution >= 0.6 is 0 Å². The normalized spacial score (nSPS) is 10.1. The fourth-order valence-electron chi connectivity index (χ4n) is 2.59. The molecule has 0 saturated carbocycles. The van der Waals surface area contributed by atoms with Gasteiger partial charge in [-0.1, -0.05) is 0 Å². The highest BCUT2D eigenvalue weighted by Gasteiger charge is 2.23. The smallest absolute Gasteiger partial charge is 0.211 e. The van der Waals surface area contributed by atoms with Crippen LogP contribution < -0.4 is 29.4 Å². The van der Waals surface area contributed by atoms with Gasteiger partial charge in [-0.25, -0.2) is 0 Å². The van der Waals surface area contributed by atoms with Crippen molar-refractivity contribution in [2.24, 2.45) is 0 Å². The van der Waals surface area contributed by atoms with Crippen LogP contribution in [0, 0.1) is 5.41 Å². The number of anilines is 1. The van der Waals surface area contributed by atoms with Gasteiger partial charge >= 0.3 is 0 Å². The average molecular weight is 374 g/mol. The molecule has 0 amide bonds. The molecule has 0 spiro atoms. The number of hydrogen-bond donors (Lipinski definition) is 2. The maximum absolute atomic E-state index is 12.9. The summed E-state index contributed by atoms with van der Waals surface area (Å²) in [6, 6.07) is 5.96. The van der Waals surface area contributed by atoms with Crippen molar-refractivity contribution < 1.29 is 28.5 Å². The van der Waals surface area contributed by atoms with Crippen LogP contribution in [0.2, 0.25) is 0 Å². The molecule has 0 fully saturated rings. The largest absolute Gasteiger partial charge is 0.493 e. The first kappa shape index (κ1) is 19.9. The topological polar surface area (TPSA) is 113 Å². The molecule has 0 unspecified atom stereocenters. The van der Waals surface area contributed by atoms with Gasteiger partial charge in [-0.15, -0.1) is 0 Å². The Balaban J connectivity index is 2.51. The Labute approximate surface area is 157 Å². The lowest BCUT2D eigenvalue weighted by Crippen LogP contribution is -2.17. The summed E-state index contributed by atoms with van der Waals surface area (Å²) in [5.41, 5.74) is 6.34. The number of carbonyl (C=O) groups excluding carboxylic acids is 1. The van der Waals surface area contributed by atoms with Gasteiger partial charge in [0.2, 0.25) is 11.5 Å². The number of Topliss-reactive ketones (excluding diaryl/α,β-unsaturated/α-hetero) is 1. The molecule has 0 atom stereocenters. The second-order valence-electron chi connectivity index (χ2n) is 5.41. The Morgan fingerprint density at radius 3 is 1.70 bits per heavy atom. The molecule has 0 bridgehead atoms. The number of methoxy groups -OCH3 is 5. The van der Waals surface area contributed by atoms with Crippen molar-refractivity contribution in [1.82, 2.24) is 0 Å². The molecule has 144 valence electrons. The van der Waals surface area contributed by atoms with E-state index in [9.17, 15) is 4.79 Å². The van der Waals surface area contributed by atoms with Crippen LogP contribution in [-0.2, 0) is 0 Å². The Kier molecular flexibility index (Phi) is 6.12. The summed E-state index contributed by atoms with van der Waals surface area (Å²) in [6.07, 6.45) is 0. The Morgan fingerprint density at radius 1 is 0.778 bits per heavy atom. The van der Waals surface area contributed by atoms with Crippen molar-refractivity contribution in [3.8, 4) is 28.7 Å². The zero-order chi connectivity index (χ0) is 20.1. The molecule has 8 nitrogen and oxygen atoms in total. The van der Waals surface area contributed by atoms with Crippen LogP contribution in [-0.4, -0.2) is 47.0 Å². The summed E-state index contributed by atoms with van der Waals surface area (Å²) in [7, 11) is 7.30. The van der Waals surface area contributed by atoms with E-state index in [4.69, 9.17) is 34.8 Å². The molecule has 8 heteroatoms. The van der Waals surface area contributed by atoms with E-state index in [1.807, 2.05) is 0 Å². The van der Waals surface area contributed by atoms with Crippen molar-refractivity contribution in [2.45, 2.75) is 0 Å². The summed E-state index contributed by atoms with van der Waals surface area (Å²) in [4.78, 5) is 12.9. The van der Waals surface area contributed by atoms with E-state index in [0.717, 1.165) is 0 Å². The lowest BCUT2D eigenvalue weighted by Gasteiger charge is -2.15. The molecule has 0 saturated heterocycles. The number of nitrogen functional groups attached to an aromatic ring is 1. The minimum atomic E-state index is -0.562. The SMILES string of the molecule is COc1cc(N)c(C(=N)C(=O)c2cc(OC)c(OC)c(OC)c2)cc1OC. The van der Waals surface area contributed by atoms with Gasteiger partial charge in [-0.05, 0) is 18.2 Å². The number of nitrogens with two attached hydrogens (primary N) is 1. The van der Waals surface area contributed by atoms with Gasteiger partial charge in [-0.2, -0.15) is 0 Å². The Bertz CT molecular complexity index is 854. The Morgan fingerprint density at radius 2 is 1.26 bits per heavy atom. The van der Waals surface area contributed by atoms with Crippen molar-refractivity contribution in [3.05, 3.63) is 35.4 Å². The van der Waals surface area contributed by atoms with Crippen LogP contribution in [0.4, 0.5) is 5.69 Å². The lowest BCUT2D eigenvalue weighted by molar-refractivity contribution is 0.106. The van der Waals surface area contributed by atoms with E-state index in [1.54, 1.807) is 0 Å². The third kappa shape index (κ3) is 3.74. The quantitative estimate of drug-likeness (QED) is 0.415. The second-order valence-corrected chi connectivity index (χ2v) is 5.41. The van der Waals surface area contributed by atoms with Gasteiger partial charge < -0.3 is 29.4 Å². The summed E-state index contributed by atoms with van der Waals surface area (Å²) >= 11 is 0. The molecule has 0 heterocycles. The van der Waals surface area contributed by atoms with E-state index in [-0.39, 0.29) is 22.5 Å². The molecule has 2 aromatic rings. The molecule has 0 aliphatic carbocycles. The van der Waals surface area contributed by atoms with Crippen LogP contribution in [0.3, 0.4) is 0 Å². The van der Waals surface area contributed by atoms with Gasteiger partial charge in [0.25, 0.3) is 0 Å². The maximum Gasteiger partial charge on any atom is 0.211 e. The zero-order valence-electron chi connectivity index (χ0n) is 15.8. The maximum atomic E-state index is 12.9. The summed E-state index contributed by atoms with van der Waals surface area (Å²) in [6.45, 7) is 0. The van der Waals surface area contributed by atoms with Crippen molar-refractivity contribution >= 4 is 17.2 Å². The standard InChI is InChI=1S/C19H22N2O6/c1-23-13-8-11(12(20)9-14(13)24-2)17(21)18(22)10-6-15(25-3)19(27-5)16(7-10)26-4/h6-9,21H,20H2,1-5H3. The molecule has 0 aromatic heterocycles. The van der Waals surface area contributed by atoms with Crippen LogP contribution in [0.5, 0.6) is 28.7 Å². The highest BCUT2D eigenvalue weighted by molar-refractivity contribution is 6.51. The van der Waals surface area contributed by atoms with Gasteiger partial charge in [0.05, 0.1) is 35.5 Å². The fraction of sp³-hybridized carbons (Fsp3) is 0.263. The van der Waals surface area contributed by atoms with E-state index in [0.29, 0.717) is 28.7 Å². The highest BCUT2D eigenvalue weighted by Crippen LogP contribution is 2.39. The number of ketones is 1. The number of rotatable bonds is 8. The van der Waals surface area contributed by atoms with E-state index < -0.39 is 5.78 Å². The number of carbonyl (C=O) groups is 1. The molecule has 2 aromatic carbocycles. The Hall–Kier alpha value is -3.42. The third-order valence-corrected chi connectivity index (χ3v) is 3.98. The molecule has 2 rings (SSSR count). The van der Waals surface area contributed by atoms with Crippen molar-refractivity contribution in [3.63, 3.8) is 0 Å². The van der Waals surface area contributed by atoms with E-state index in [1.165, 1.54) is 59.8 Å². The number of benzene rings is 2. The van der Waals surface area contributed by atoms with Gasteiger partial charge in [0.15, 0.2) is 23.0 Å². The lowest BCUT2D eigenvalue weighted by atomic mass is 9.98. The van der Waals surface area contributed by atoms with Gasteiger partial charge in [0.1, 0.15) is 5.71 Å². The van der Waals surface area contributed by atoms with Crippen LogP contribution in [0.15, 0.2) is 24.3 Å². The first-order valence-electron chi connectivity index (χ1n) is 7.86. The van der Waals surface area contributed by atoms with Crippen molar-refractivity contribution in [1.29, 1.82) is 5.41 Å². The van der Waals surface area contributed by atoms with E-state index >= 15 is 0 Å². The molecule has 0 aliphatic heterocycles. The molecule has 27 heavy (non-hydrogen) atoms. The zero-order valence-corrected chi connectivity index (χ0v) is 15.8. The first-order valence-corrected chi connectivity index (χ1v) is 7.86. The number of hydrogen-bond acceptors (Lipinski definition) is 8. The number of ether oxygens (including phenoxy) is 5. The monoisotopic (exact) mass is 374 g/mol. The first-order chi connectivity index (χ1) is 12.9. The predicted octanol–water partition coefficient (Wildman–Crippen LogP) is 2.56. The minimum Gasteiger partial charge on any atom is -0.493 e. The van der Waals surface area contributed by atoms with Crippen LogP contribution in [0.1, 0.15) is 15.9 Å². The van der Waals surface area contributed by atoms with Gasteiger partial charge in [0, 0.05) is 22.9 Å². The average Bonchev–Trinajstić information content (AvgIpc) is 2.70. The summed E-state index contributed by atoms with van der Waals surface area (Å²) in [5, 5.41) is 8.33. The fourth-order valence-corrected chi connectivity index (χ4v) is 2.59. The number of nitrogens with one attached hydrogen (secondary N) is 1. The minimum absolute atomic E-state index is 0.198. The summed E-state index contributed by atoms with van der Waals surface area (Å²) in [5.74, 6) is 1.19. The van der Waals surface area contributed by atoms with Crippen molar-refractivity contribution in [2.75, 3.05) is 41.3 Å². The molecular weight excluding hydrogens is 352 g/mol. The molecule has 3 N–H and O–H groups in total. The molecule has 0 radical (unpaired) electrons. The highest BCUT2D eigenvalue weighted by atomic mass is 16.5. The third-order valence-electron chi connectivity index (χ3n) is 3.98. The molecular formula is C19H22N2O6. The van der Waals surface area contributed by atoms with Crippen LogP contribution in [0.25, 0.3) is 0 Å². The predicted molar refractivity (Wildman–Crippen MR) is 101 cm³/mol. The molecule has 0 aliphatic rings. The van der Waals surface area contributed by atoms with E-state index in [2.05, 4.69) is 0 Å². The van der Waals surface area contributed by atoms with Gasteiger partial charge in [-0.3, -0.25) is 10.2 Å².